The zero-order chi connectivity index (χ0) is 19.5. The highest BCUT2D eigenvalue weighted by Gasteiger charge is 2.31. The van der Waals surface area contributed by atoms with Crippen LogP contribution in [0.25, 0.3) is 5.70 Å². The number of alkyl halides is 3. The van der Waals surface area contributed by atoms with Crippen molar-refractivity contribution in [3.05, 3.63) is 70.4 Å². The van der Waals surface area contributed by atoms with Crippen molar-refractivity contribution in [2.45, 2.75) is 6.18 Å². The van der Waals surface area contributed by atoms with Gasteiger partial charge in [-0.05, 0) is 30.3 Å². The maximum absolute atomic E-state index is 13.0. The van der Waals surface area contributed by atoms with Gasteiger partial charge in [-0.3, -0.25) is 4.79 Å². The smallest absolute Gasteiger partial charge is 0.344 e. The molecule has 0 fully saturated rings. The topological polar surface area (TPSA) is 23.6 Å². The van der Waals surface area contributed by atoms with Crippen molar-refractivity contribution < 1.29 is 18.0 Å². The van der Waals surface area contributed by atoms with E-state index in [1.54, 1.807) is 62.4 Å². The number of hydrogen-bond acceptors (Lipinski definition) is 3. The average Bonchev–Trinajstić information content (AvgIpc) is 3.07. The standard InChI is InChI=1S/C19H19F3N2OS/c1-13(19(20,21)22)12-15(24(4)14-8-6-5-7-9-14)16-10-11-17(26-16)18(25)23(2)3/h5-12H,1H2,2-4H3/b15-12-. The molecular formula is C19H19F3N2OS. The maximum atomic E-state index is 13.0. The van der Waals surface area contributed by atoms with E-state index < -0.39 is 11.7 Å². The van der Waals surface area contributed by atoms with Gasteiger partial charge in [0.1, 0.15) is 0 Å². The molecule has 0 spiro atoms. The zero-order valence-corrected chi connectivity index (χ0v) is 15.5. The Kier molecular flexibility index (Phi) is 5.92. The predicted molar refractivity (Wildman–Crippen MR) is 100 cm³/mol. The largest absolute Gasteiger partial charge is 0.415 e. The van der Waals surface area contributed by atoms with Gasteiger partial charge in [-0.2, -0.15) is 13.2 Å². The summed E-state index contributed by atoms with van der Waals surface area (Å²) in [5.74, 6) is -0.197. The molecule has 1 heterocycles. The van der Waals surface area contributed by atoms with E-state index in [-0.39, 0.29) is 5.91 Å². The van der Waals surface area contributed by atoms with Crippen molar-refractivity contribution in [1.29, 1.82) is 0 Å². The second-order valence-corrected chi connectivity index (χ2v) is 6.89. The molecule has 0 N–H and O–H groups in total. The number of para-hydroxylation sites is 1. The van der Waals surface area contributed by atoms with Crippen molar-refractivity contribution >= 4 is 28.6 Å². The Morgan fingerprint density at radius 2 is 1.62 bits per heavy atom. The second-order valence-electron chi connectivity index (χ2n) is 5.81. The first kappa shape index (κ1) is 19.8. The monoisotopic (exact) mass is 380 g/mol. The summed E-state index contributed by atoms with van der Waals surface area (Å²) in [7, 11) is 4.93. The van der Waals surface area contributed by atoms with Crippen LogP contribution in [0.4, 0.5) is 18.9 Å². The number of allylic oxidation sites excluding steroid dienone is 2. The lowest BCUT2D eigenvalue weighted by Crippen LogP contribution is -2.20. The molecule has 0 radical (unpaired) electrons. The quantitative estimate of drug-likeness (QED) is 0.678. The van der Waals surface area contributed by atoms with Crippen LogP contribution in [0.15, 0.2) is 60.7 Å². The molecular weight excluding hydrogens is 361 g/mol. The Morgan fingerprint density at radius 1 is 1.04 bits per heavy atom. The summed E-state index contributed by atoms with van der Waals surface area (Å²) in [4.78, 5) is 16.2. The Hall–Kier alpha value is -2.54. The van der Waals surface area contributed by atoms with Crippen LogP contribution >= 0.6 is 11.3 Å². The minimum Gasteiger partial charge on any atom is -0.344 e. The van der Waals surface area contributed by atoms with Gasteiger partial charge in [-0.1, -0.05) is 24.8 Å². The van der Waals surface area contributed by atoms with Gasteiger partial charge in [0.15, 0.2) is 0 Å². The van der Waals surface area contributed by atoms with Crippen molar-refractivity contribution in [2.75, 3.05) is 26.0 Å². The fraction of sp³-hybridized carbons (Fsp3) is 0.211. The van der Waals surface area contributed by atoms with E-state index in [4.69, 9.17) is 0 Å². The third-order valence-corrected chi connectivity index (χ3v) is 4.75. The molecule has 0 unspecified atom stereocenters. The summed E-state index contributed by atoms with van der Waals surface area (Å²) >= 11 is 1.14. The van der Waals surface area contributed by atoms with Gasteiger partial charge in [0.25, 0.3) is 5.91 Å². The number of hydrogen-bond donors (Lipinski definition) is 0. The first-order chi connectivity index (χ1) is 12.1. The van der Waals surface area contributed by atoms with Gasteiger partial charge in [0.2, 0.25) is 0 Å². The third-order valence-electron chi connectivity index (χ3n) is 3.66. The zero-order valence-electron chi connectivity index (χ0n) is 14.7. The van der Waals surface area contributed by atoms with Crippen molar-refractivity contribution in [3.63, 3.8) is 0 Å². The Labute approximate surface area is 154 Å². The van der Waals surface area contributed by atoms with E-state index in [9.17, 15) is 18.0 Å². The molecule has 2 rings (SSSR count). The number of amides is 1. The minimum atomic E-state index is -4.53. The number of benzene rings is 1. The number of nitrogens with zero attached hydrogens (tertiary/aromatic N) is 2. The summed E-state index contributed by atoms with van der Waals surface area (Å²) < 4.78 is 39.0. The first-order valence-corrected chi connectivity index (χ1v) is 8.51. The van der Waals surface area contributed by atoms with Crippen molar-refractivity contribution in [2.24, 2.45) is 0 Å². The molecule has 3 nitrogen and oxygen atoms in total. The fourth-order valence-corrected chi connectivity index (χ4v) is 3.26. The van der Waals surface area contributed by atoms with E-state index >= 15 is 0 Å². The molecule has 7 heteroatoms. The first-order valence-electron chi connectivity index (χ1n) is 7.69. The molecule has 1 aromatic carbocycles. The molecule has 0 atom stereocenters. The minimum absolute atomic E-state index is 0.197. The van der Waals surface area contributed by atoms with Crippen LogP contribution in [-0.4, -0.2) is 38.1 Å². The Bertz CT molecular complexity index is 823. The van der Waals surface area contributed by atoms with E-state index in [0.717, 1.165) is 23.1 Å². The lowest BCUT2D eigenvalue weighted by molar-refractivity contribution is -0.0877. The normalized spacial score (nSPS) is 12.0. The Morgan fingerprint density at radius 3 is 2.15 bits per heavy atom. The molecule has 0 aliphatic carbocycles. The van der Waals surface area contributed by atoms with Crippen LogP contribution in [0.3, 0.4) is 0 Å². The van der Waals surface area contributed by atoms with Gasteiger partial charge in [0.05, 0.1) is 21.0 Å². The molecule has 138 valence electrons. The van der Waals surface area contributed by atoms with Crippen LogP contribution in [0.2, 0.25) is 0 Å². The molecule has 0 aliphatic heterocycles. The van der Waals surface area contributed by atoms with Crippen LogP contribution in [0.5, 0.6) is 0 Å². The number of anilines is 1. The summed E-state index contributed by atoms with van der Waals surface area (Å²) in [5, 5.41) is 0. The number of carbonyl (C=O) groups excluding carboxylic acids is 1. The molecule has 0 saturated heterocycles. The number of halogens is 3. The molecule has 2 aromatic rings. The van der Waals surface area contributed by atoms with Crippen LogP contribution in [0, 0.1) is 0 Å². The molecule has 26 heavy (non-hydrogen) atoms. The molecule has 0 bridgehead atoms. The molecule has 0 saturated carbocycles. The lowest BCUT2D eigenvalue weighted by atomic mass is 10.2. The van der Waals surface area contributed by atoms with Crippen molar-refractivity contribution in [1.82, 2.24) is 4.90 Å². The van der Waals surface area contributed by atoms with Gasteiger partial charge >= 0.3 is 6.18 Å². The van der Waals surface area contributed by atoms with Gasteiger partial charge in [-0.15, -0.1) is 11.3 Å². The number of thiophene rings is 1. The van der Waals surface area contributed by atoms with E-state index in [1.165, 1.54) is 4.90 Å². The average molecular weight is 380 g/mol. The van der Waals surface area contributed by atoms with E-state index in [0.29, 0.717) is 15.5 Å². The molecule has 0 aliphatic rings. The fourth-order valence-electron chi connectivity index (χ4n) is 2.18. The summed E-state index contributed by atoms with van der Waals surface area (Å²) in [6, 6.07) is 12.3. The van der Waals surface area contributed by atoms with E-state index in [1.807, 2.05) is 6.07 Å². The third kappa shape index (κ3) is 4.54. The maximum Gasteiger partial charge on any atom is 0.415 e. The number of rotatable bonds is 5. The van der Waals surface area contributed by atoms with E-state index in [2.05, 4.69) is 6.58 Å². The van der Waals surface area contributed by atoms with Gasteiger partial charge < -0.3 is 9.80 Å². The predicted octanol–water partition coefficient (Wildman–Crippen LogP) is 5.05. The highest BCUT2D eigenvalue weighted by atomic mass is 32.1. The van der Waals surface area contributed by atoms with Crippen LogP contribution in [0.1, 0.15) is 14.5 Å². The van der Waals surface area contributed by atoms with Crippen LogP contribution < -0.4 is 4.90 Å². The highest BCUT2D eigenvalue weighted by molar-refractivity contribution is 7.15. The SMILES string of the molecule is C=C(/C=C(/c1ccc(C(=O)N(C)C)s1)N(C)c1ccccc1)C(F)(F)F. The summed E-state index contributed by atoms with van der Waals surface area (Å²) in [5.41, 5.74) is 0.0908. The molecule has 1 amide bonds. The lowest BCUT2D eigenvalue weighted by Gasteiger charge is -2.23. The second kappa shape index (κ2) is 7.78. The molecule has 1 aromatic heterocycles. The summed E-state index contributed by atoms with van der Waals surface area (Å²) in [6.07, 6.45) is -3.52. The summed E-state index contributed by atoms with van der Waals surface area (Å²) in [6.45, 7) is 3.14. The van der Waals surface area contributed by atoms with Gasteiger partial charge in [-0.25, -0.2) is 0 Å². The van der Waals surface area contributed by atoms with Crippen LogP contribution in [-0.2, 0) is 0 Å². The van der Waals surface area contributed by atoms with Crippen molar-refractivity contribution in [3.8, 4) is 0 Å². The Balaban J connectivity index is 2.49. The number of carbonyl (C=O) groups is 1. The van der Waals surface area contributed by atoms with Gasteiger partial charge in [0, 0.05) is 26.8 Å². The highest BCUT2D eigenvalue weighted by Crippen LogP contribution is 2.34.